The predicted octanol–water partition coefficient (Wildman–Crippen LogP) is 3.11. The van der Waals surface area contributed by atoms with Gasteiger partial charge in [0.2, 0.25) is 0 Å². The Labute approximate surface area is 201 Å². The first-order valence-corrected chi connectivity index (χ1v) is 11.9. The van der Waals surface area contributed by atoms with Gasteiger partial charge in [-0.25, -0.2) is 4.79 Å². The topological polar surface area (TPSA) is 120 Å². The van der Waals surface area contributed by atoms with Crippen LogP contribution in [0.3, 0.4) is 0 Å². The molecule has 34 heavy (non-hydrogen) atoms. The number of nitrogens with one attached hydrogen (secondary N) is 2. The number of hydrogen-bond acceptors (Lipinski definition) is 8. The minimum absolute atomic E-state index is 0.369. The first-order chi connectivity index (χ1) is 16.4. The molecule has 0 radical (unpaired) electrons. The molecule has 0 unspecified atom stereocenters. The van der Waals surface area contributed by atoms with E-state index in [0.717, 1.165) is 42.5 Å². The minimum Gasteiger partial charge on any atom is -0.494 e. The van der Waals surface area contributed by atoms with Gasteiger partial charge in [-0.3, -0.25) is 14.4 Å². The van der Waals surface area contributed by atoms with E-state index < -0.39 is 30.4 Å². The first kappa shape index (κ1) is 25.2. The lowest BCUT2D eigenvalue weighted by Gasteiger charge is -2.09. The van der Waals surface area contributed by atoms with Crippen LogP contribution in [-0.2, 0) is 31.9 Å². The molecule has 0 saturated carbocycles. The highest BCUT2D eigenvalue weighted by Crippen LogP contribution is 2.39. The van der Waals surface area contributed by atoms with Crippen molar-refractivity contribution in [1.82, 2.24) is 5.32 Å². The molecule has 182 valence electrons. The van der Waals surface area contributed by atoms with Gasteiger partial charge in [-0.2, -0.15) is 0 Å². The van der Waals surface area contributed by atoms with Crippen LogP contribution in [0.2, 0.25) is 0 Å². The molecule has 1 aromatic heterocycles. The summed E-state index contributed by atoms with van der Waals surface area (Å²) in [5.74, 6) is -1.62. The van der Waals surface area contributed by atoms with Crippen LogP contribution in [0.4, 0.5) is 5.00 Å². The van der Waals surface area contributed by atoms with E-state index in [0.29, 0.717) is 28.5 Å². The summed E-state index contributed by atoms with van der Waals surface area (Å²) in [5, 5.41) is 5.48. The van der Waals surface area contributed by atoms with Crippen molar-refractivity contribution < 1.29 is 33.4 Å². The Balaban J connectivity index is 1.43. The summed E-state index contributed by atoms with van der Waals surface area (Å²) in [4.78, 5) is 49.6. The standard InChI is InChI=1S/C24H28N2O7S/c1-3-4-12-32-16-10-8-15(9-11-16)22(29)25-13-20(28)33-14-19(27)26-23-21(24(30)31-2)17-6-5-7-18(17)34-23/h8-11H,3-7,12-14H2,1-2H3,(H,25,29)(H,26,27). The second-order valence-corrected chi connectivity index (χ2v) is 8.78. The largest absolute Gasteiger partial charge is 0.494 e. The summed E-state index contributed by atoms with van der Waals surface area (Å²) in [6.07, 6.45) is 4.55. The molecule has 1 aromatic carbocycles. The number of ether oxygens (including phenoxy) is 3. The van der Waals surface area contributed by atoms with Crippen molar-refractivity contribution in [3.05, 3.63) is 45.8 Å². The van der Waals surface area contributed by atoms with E-state index in [2.05, 4.69) is 17.6 Å². The van der Waals surface area contributed by atoms with Crippen LogP contribution in [0, 0.1) is 0 Å². The third kappa shape index (κ3) is 6.57. The highest BCUT2D eigenvalue weighted by molar-refractivity contribution is 7.17. The number of rotatable bonds is 11. The number of thiophene rings is 1. The van der Waals surface area contributed by atoms with E-state index in [4.69, 9.17) is 14.2 Å². The number of hydrogen-bond donors (Lipinski definition) is 2. The molecule has 3 rings (SSSR count). The van der Waals surface area contributed by atoms with E-state index in [1.54, 1.807) is 24.3 Å². The summed E-state index contributed by atoms with van der Waals surface area (Å²) in [7, 11) is 1.29. The molecule has 1 aliphatic carbocycles. The van der Waals surface area contributed by atoms with Crippen LogP contribution in [0.25, 0.3) is 0 Å². The smallest absolute Gasteiger partial charge is 0.341 e. The number of amides is 2. The summed E-state index contributed by atoms with van der Waals surface area (Å²) >= 11 is 1.33. The molecule has 0 atom stereocenters. The van der Waals surface area contributed by atoms with Crippen LogP contribution in [0.1, 0.15) is 57.3 Å². The van der Waals surface area contributed by atoms with Gasteiger partial charge in [-0.05, 0) is 55.5 Å². The number of aryl methyl sites for hydroxylation is 1. The molecule has 2 amide bonds. The highest BCUT2D eigenvalue weighted by atomic mass is 32.1. The number of carbonyl (C=O) groups is 4. The van der Waals surface area contributed by atoms with Crippen LogP contribution in [0.5, 0.6) is 5.75 Å². The number of benzene rings is 1. The summed E-state index contributed by atoms with van der Waals surface area (Å²) in [6.45, 7) is 1.76. The Morgan fingerprint density at radius 1 is 1.09 bits per heavy atom. The average molecular weight is 489 g/mol. The maximum absolute atomic E-state index is 12.3. The zero-order valence-corrected chi connectivity index (χ0v) is 20.0. The number of fused-ring (bicyclic) bond motifs is 1. The number of anilines is 1. The lowest BCUT2D eigenvalue weighted by molar-refractivity contribution is -0.146. The fourth-order valence-corrected chi connectivity index (χ4v) is 4.76. The van der Waals surface area contributed by atoms with Gasteiger partial charge in [0.1, 0.15) is 17.3 Å². The zero-order valence-electron chi connectivity index (χ0n) is 19.2. The molecule has 0 spiro atoms. The van der Waals surface area contributed by atoms with E-state index in [-0.39, 0.29) is 6.54 Å². The van der Waals surface area contributed by atoms with Gasteiger partial charge in [-0.1, -0.05) is 13.3 Å². The van der Waals surface area contributed by atoms with Crippen LogP contribution in [0.15, 0.2) is 24.3 Å². The number of methoxy groups -OCH3 is 1. The van der Waals surface area contributed by atoms with E-state index in [1.165, 1.54) is 18.4 Å². The fourth-order valence-electron chi connectivity index (χ4n) is 3.46. The molecular formula is C24H28N2O7S. The fraction of sp³-hybridized carbons (Fsp3) is 0.417. The van der Waals surface area contributed by atoms with Crippen LogP contribution >= 0.6 is 11.3 Å². The SMILES string of the molecule is CCCCOc1ccc(C(=O)NCC(=O)OCC(=O)Nc2sc3c(c2C(=O)OC)CCC3)cc1. The van der Waals surface area contributed by atoms with Crippen molar-refractivity contribution in [3.63, 3.8) is 0 Å². The van der Waals surface area contributed by atoms with Crippen molar-refractivity contribution >= 4 is 40.1 Å². The molecule has 0 fully saturated rings. The van der Waals surface area contributed by atoms with Crippen LogP contribution < -0.4 is 15.4 Å². The van der Waals surface area contributed by atoms with Gasteiger partial charge in [0.05, 0.1) is 19.3 Å². The van der Waals surface area contributed by atoms with Gasteiger partial charge in [0, 0.05) is 10.4 Å². The van der Waals surface area contributed by atoms with Crippen molar-refractivity contribution in [2.24, 2.45) is 0 Å². The van der Waals surface area contributed by atoms with Gasteiger partial charge in [0.15, 0.2) is 6.61 Å². The summed E-state index contributed by atoms with van der Waals surface area (Å²) in [6, 6.07) is 6.59. The van der Waals surface area contributed by atoms with Gasteiger partial charge < -0.3 is 24.8 Å². The first-order valence-electron chi connectivity index (χ1n) is 11.1. The molecular weight excluding hydrogens is 460 g/mol. The molecule has 9 nitrogen and oxygen atoms in total. The predicted molar refractivity (Wildman–Crippen MR) is 126 cm³/mol. The molecule has 0 aliphatic heterocycles. The quantitative estimate of drug-likeness (QED) is 0.368. The molecule has 1 heterocycles. The Bertz CT molecular complexity index is 1050. The molecule has 1 aliphatic rings. The van der Waals surface area contributed by atoms with E-state index in [1.807, 2.05) is 0 Å². The Morgan fingerprint density at radius 3 is 2.56 bits per heavy atom. The van der Waals surface area contributed by atoms with Gasteiger partial charge >= 0.3 is 11.9 Å². The number of unbranched alkanes of at least 4 members (excludes halogenated alkanes) is 1. The summed E-state index contributed by atoms with van der Waals surface area (Å²) in [5.41, 5.74) is 1.65. The lowest BCUT2D eigenvalue weighted by atomic mass is 10.1. The van der Waals surface area contributed by atoms with Crippen molar-refractivity contribution in [2.45, 2.75) is 39.0 Å². The van der Waals surface area contributed by atoms with Crippen molar-refractivity contribution in [2.75, 3.05) is 32.2 Å². The zero-order chi connectivity index (χ0) is 24.5. The molecule has 0 bridgehead atoms. The average Bonchev–Trinajstić information content (AvgIpc) is 3.42. The van der Waals surface area contributed by atoms with Crippen molar-refractivity contribution in [3.8, 4) is 5.75 Å². The third-order valence-electron chi connectivity index (χ3n) is 5.20. The number of esters is 2. The third-order valence-corrected chi connectivity index (χ3v) is 6.41. The van der Waals surface area contributed by atoms with E-state index >= 15 is 0 Å². The maximum Gasteiger partial charge on any atom is 0.341 e. The molecule has 2 N–H and O–H groups in total. The second-order valence-electron chi connectivity index (χ2n) is 7.67. The molecule has 10 heteroatoms. The molecule has 2 aromatic rings. The van der Waals surface area contributed by atoms with Gasteiger partial charge in [0.25, 0.3) is 11.8 Å². The Morgan fingerprint density at radius 2 is 1.85 bits per heavy atom. The van der Waals surface area contributed by atoms with Crippen molar-refractivity contribution in [1.29, 1.82) is 0 Å². The Kier molecular flexibility index (Phi) is 9.03. The highest BCUT2D eigenvalue weighted by Gasteiger charge is 2.28. The maximum atomic E-state index is 12.3. The number of carbonyl (C=O) groups excluding carboxylic acids is 4. The van der Waals surface area contributed by atoms with Gasteiger partial charge in [-0.15, -0.1) is 11.3 Å². The van der Waals surface area contributed by atoms with E-state index in [9.17, 15) is 19.2 Å². The normalized spacial score (nSPS) is 11.9. The lowest BCUT2D eigenvalue weighted by Crippen LogP contribution is -2.32. The monoisotopic (exact) mass is 488 g/mol. The van der Waals surface area contributed by atoms with Crippen LogP contribution in [-0.4, -0.2) is 50.6 Å². The molecule has 0 saturated heterocycles. The minimum atomic E-state index is -0.759. The second kappa shape index (κ2) is 12.2. The Hall–Kier alpha value is -3.40. The summed E-state index contributed by atoms with van der Waals surface area (Å²) < 4.78 is 15.3.